The molecule has 39 valence electrons. The third-order valence-corrected chi connectivity index (χ3v) is 1.69. The standard InChI is InChI=1S/C6H9O/c1-2-5(1)6-3-4-7-6/h6H,1-4H2. The Morgan fingerprint density at radius 3 is 2.29 bits per heavy atom. The molecule has 1 unspecified atom stereocenters. The monoisotopic (exact) mass is 97.1 g/mol. The molecule has 0 bridgehead atoms. The van der Waals surface area contributed by atoms with E-state index >= 15 is 0 Å². The molecule has 0 aromatic rings. The summed E-state index contributed by atoms with van der Waals surface area (Å²) < 4.78 is 5.22. The largest absolute Gasteiger partial charge is 0.377 e. The molecule has 2 aliphatic rings. The van der Waals surface area contributed by atoms with E-state index in [1.165, 1.54) is 19.3 Å². The van der Waals surface area contributed by atoms with E-state index in [-0.39, 0.29) is 0 Å². The van der Waals surface area contributed by atoms with Gasteiger partial charge in [0.25, 0.3) is 0 Å². The molecule has 0 aromatic carbocycles. The van der Waals surface area contributed by atoms with Gasteiger partial charge < -0.3 is 4.74 Å². The molecule has 1 aliphatic heterocycles. The summed E-state index contributed by atoms with van der Waals surface area (Å²) in [5.41, 5.74) is 0. The average molecular weight is 97.1 g/mol. The first-order chi connectivity index (χ1) is 3.47. The highest BCUT2D eigenvalue weighted by atomic mass is 16.5. The predicted molar refractivity (Wildman–Crippen MR) is 26.8 cm³/mol. The zero-order valence-electron chi connectivity index (χ0n) is 4.31. The van der Waals surface area contributed by atoms with Crippen LogP contribution >= 0.6 is 0 Å². The zero-order valence-corrected chi connectivity index (χ0v) is 4.31. The molecule has 1 nitrogen and oxygen atoms in total. The van der Waals surface area contributed by atoms with E-state index in [0.29, 0.717) is 6.10 Å². The molecule has 1 heteroatoms. The lowest BCUT2D eigenvalue weighted by atomic mass is 10.1. The topological polar surface area (TPSA) is 9.23 Å². The molecule has 7 heavy (non-hydrogen) atoms. The van der Waals surface area contributed by atoms with Crippen LogP contribution in [0.5, 0.6) is 0 Å². The van der Waals surface area contributed by atoms with E-state index in [0.717, 1.165) is 6.61 Å². The van der Waals surface area contributed by atoms with Crippen LogP contribution in [0.15, 0.2) is 0 Å². The molecule has 2 fully saturated rings. The Bertz CT molecular complexity index is 72.2. The average Bonchev–Trinajstić information content (AvgIpc) is 2.10. The summed E-state index contributed by atoms with van der Waals surface area (Å²) in [5.74, 6) is 1.66. The maximum Gasteiger partial charge on any atom is 0.0659 e. The van der Waals surface area contributed by atoms with E-state index in [2.05, 4.69) is 0 Å². The van der Waals surface area contributed by atoms with Crippen molar-refractivity contribution in [2.75, 3.05) is 6.61 Å². The molecule has 0 amide bonds. The SMILES string of the molecule is C1CC([C]2CC2)O1. The second kappa shape index (κ2) is 1.22. The summed E-state index contributed by atoms with van der Waals surface area (Å²) in [7, 11) is 0. The Hall–Kier alpha value is -0.0400. The summed E-state index contributed by atoms with van der Waals surface area (Å²) in [4.78, 5) is 0. The van der Waals surface area contributed by atoms with Gasteiger partial charge in [-0.15, -0.1) is 0 Å². The Labute approximate surface area is 43.7 Å². The molecule has 1 heterocycles. The van der Waals surface area contributed by atoms with Crippen molar-refractivity contribution in [2.45, 2.75) is 25.4 Å². The Balaban J connectivity index is 1.83. The van der Waals surface area contributed by atoms with Crippen molar-refractivity contribution in [1.82, 2.24) is 0 Å². The number of ether oxygens (including phenoxy) is 1. The van der Waals surface area contributed by atoms with Gasteiger partial charge in [0.2, 0.25) is 0 Å². The Morgan fingerprint density at radius 2 is 2.14 bits per heavy atom. The third-order valence-electron chi connectivity index (χ3n) is 1.69. The normalized spacial score (nSPS) is 40.3. The van der Waals surface area contributed by atoms with Gasteiger partial charge in [0.05, 0.1) is 6.10 Å². The smallest absolute Gasteiger partial charge is 0.0659 e. The lowest BCUT2D eigenvalue weighted by molar-refractivity contribution is -0.0326. The lowest BCUT2D eigenvalue weighted by Gasteiger charge is -2.25. The fraction of sp³-hybridized carbons (Fsp3) is 0.833. The molecular formula is C6H9O. The zero-order chi connectivity index (χ0) is 4.69. The highest BCUT2D eigenvalue weighted by Crippen LogP contribution is 2.41. The van der Waals surface area contributed by atoms with Crippen molar-refractivity contribution in [2.24, 2.45) is 0 Å². The highest BCUT2D eigenvalue weighted by molar-refractivity contribution is 5.13. The van der Waals surface area contributed by atoms with Gasteiger partial charge in [-0.05, 0) is 19.3 Å². The first-order valence-corrected chi connectivity index (χ1v) is 2.93. The van der Waals surface area contributed by atoms with Gasteiger partial charge in [0, 0.05) is 12.5 Å². The van der Waals surface area contributed by atoms with E-state index in [9.17, 15) is 0 Å². The first-order valence-electron chi connectivity index (χ1n) is 2.93. The molecule has 0 aromatic heterocycles. The summed E-state index contributed by atoms with van der Waals surface area (Å²) in [5, 5.41) is 0. The van der Waals surface area contributed by atoms with E-state index < -0.39 is 0 Å². The van der Waals surface area contributed by atoms with Crippen molar-refractivity contribution >= 4 is 0 Å². The molecule has 0 N–H and O–H groups in total. The molecule has 1 aliphatic carbocycles. The predicted octanol–water partition coefficient (Wildman–Crippen LogP) is 1.14. The van der Waals surface area contributed by atoms with Gasteiger partial charge in [0.1, 0.15) is 0 Å². The molecule has 2 rings (SSSR count). The molecule has 1 saturated heterocycles. The number of rotatable bonds is 1. The van der Waals surface area contributed by atoms with Crippen LogP contribution in [0.3, 0.4) is 0 Å². The van der Waals surface area contributed by atoms with Crippen molar-refractivity contribution in [3.8, 4) is 0 Å². The molecule has 1 radical (unpaired) electrons. The van der Waals surface area contributed by atoms with Crippen LogP contribution < -0.4 is 0 Å². The minimum Gasteiger partial charge on any atom is -0.377 e. The van der Waals surface area contributed by atoms with Gasteiger partial charge >= 0.3 is 0 Å². The minimum atomic E-state index is 0.611. The maximum atomic E-state index is 5.22. The molecule has 1 saturated carbocycles. The summed E-state index contributed by atoms with van der Waals surface area (Å²) in [6.07, 6.45) is 4.62. The maximum absolute atomic E-state index is 5.22. The number of hydrogen-bond acceptors (Lipinski definition) is 1. The molecule has 0 spiro atoms. The molecular weight excluding hydrogens is 88.1 g/mol. The van der Waals surface area contributed by atoms with Gasteiger partial charge in [-0.3, -0.25) is 0 Å². The van der Waals surface area contributed by atoms with E-state index in [1.54, 1.807) is 5.92 Å². The van der Waals surface area contributed by atoms with Crippen LogP contribution in [-0.4, -0.2) is 12.7 Å². The van der Waals surface area contributed by atoms with Crippen molar-refractivity contribution in [3.63, 3.8) is 0 Å². The van der Waals surface area contributed by atoms with Crippen molar-refractivity contribution in [3.05, 3.63) is 5.92 Å². The first kappa shape index (κ1) is 3.90. The fourth-order valence-corrected chi connectivity index (χ4v) is 0.952. The lowest BCUT2D eigenvalue weighted by Crippen LogP contribution is -2.27. The van der Waals surface area contributed by atoms with Crippen LogP contribution in [0.25, 0.3) is 0 Å². The van der Waals surface area contributed by atoms with E-state index in [1.807, 2.05) is 0 Å². The summed E-state index contributed by atoms with van der Waals surface area (Å²) in [6, 6.07) is 0. The van der Waals surface area contributed by atoms with E-state index in [4.69, 9.17) is 4.74 Å². The van der Waals surface area contributed by atoms with Crippen molar-refractivity contribution in [1.29, 1.82) is 0 Å². The molecule has 1 atom stereocenters. The minimum absolute atomic E-state index is 0.611. The van der Waals surface area contributed by atoms with Gasteiger partial charge in [0.15, 0.2) is 0 Å². The van der Waals surface area contributed by atoms with Crippen LogP contribution in [0.4, 0.5) is 0 Å². The van der Waals surface area contributed by atoms with Crippen LogP contribution in [0, 0.1) is 5.92 Å². The van der Waals surface area contributed by atoms with Gasteiger partial charge in [-0.1, -0.05) is 0 Å². The summed E-state index contributed by atoms with van der Waals surface area (Å²) in [6.45, 7) is 1.01. The van der Waals surface area contributed by atoms with Crippen LogP contribution in [0.2, 0.25) is 0 Å². The Morgan fingerprint density at radius 1 is 1.43 bits per heavy atom. The van der Waals surface area contributed by atoms with Crippen LogP contribution in [-0.2, 0) is 4.74 Å². The second-order valence-electron chi connectivity index (χ2n) is 2.31. The Kier molecular flexibility index (Phi) is 0.680. The quantitative estimate of drug-likeness (QED) is 0.476. The number of hydrogen-bond donors (Lipinski definition) is 0. The fourth-order valence-electron chi connectivity index (χ4n) is 0.952. The summed E-state index contributed by atoms with van der Waals surface area (Å²) >= 11 is 0. The highest BCUT2D eigenvalue weighted by Gasteiger charge is 2.36. The third kappa shape index (κ3) is 0.556. The van der Waals surface area contributed by atoms with Gasteiger partial charge in [-0.25, -0.2) is 0 Å². The van der Waals surface area contributed by atoms with Gasteiger partial charge in [-0.2, -0.15) is 0 Å². The second-order valence-corrected chi connectivity index (χ2v) is 2.31. The van der Waals surface area contributed by atoms with Crippen molar-refractivity contribution < 1.29 is 4.74 Å². The van der Waals surface area contributed by atoms with Crippen LogP contribution in [0.1, 0.15) is 19.3 Å².